The van der Waals surface area contributed by atoms with Crippen LogP contribution in [0.25, 0.3) is 22.7 Å². The van der Waals surface area contributed by atoms with Gasteiger partial charge in [-0.3, -0.25) is 9.69 Å². The van der Waals surface area contributed by atoms with Crippen molar-refractivity contribution in [2.24, 2.45) is 0 Å². The van der Waals surface area contributed by atoms with Gasteiger partial charge in [-0.1, -0.05) is 48.2 Å². The van der Waals surface area contributed by atoms with Crippen LogP contribution in [0.2, 0.25) is 0 Å². The number of hydrogen-bond donors (Lipinski definition) is 0. The average Bonchev–Trinajstić information content (AvgIpc) is 3.56. The zero-order valence-electron chi connectivity index (χ0n) is 18.6. The highest BCUT2D eigenvalue weighted by molar-refractivity contribution is 7.99. The van der Waals surface area contributed by atoms with Crippen LogP contribution >= 0.6 is 23.1 Å². The molecule has 4 rings (SSSR count). The van der Waals surface area contributed by atoms with Gasteiger partial charge in [-0.05, 0) is 12.1 Å². The highest BCUT2D eigenvalue weighted by Gasteiger charge is 2.21. The molecule has 2 heterocycles. The highest BCUT2D eigenvalue weighted by Crippen LogP contribution is 2.34. The van der Waals surface area contributed by atoms with Gasteiger partial charge in [0.2, 0.25) is 5.91 Å². The molecule has 34 heavy (non-hydrogen) atoms. The molecule has 0 aliphatic heterocycles. The molecule has 0 N–H and O–H groups in total. The summed E-state index contributed by atoms with van der Waals surface area (Å²) in [6.45, 7) is 4.12. The van der Waals surface area contributed by atoms with Gasteiger partial charge in [0.15, 0.2) is 5.13 Å². The molecule has 0 saturated heterocycles. The maximum atomic E-state index is 13.0. The Bertz CT molecular complexity index is 1270. The quantitative estimate of drug-likeness (QED) is 0.220. The van der Waals surface area contributed by atoms with Crippen LogP contribution in [0, 0.1) is 0 Å². The number of nitrogens with zero attached hydrogens (tertiary/aromatic N) is 4. The normalized spacial score (nSPS) is 10.6. The molecule has 10 heteroatoms. The minimum Gasteiger partial charge on any atom is -0.497 e. The van der Waals surface area contributed by atoms with Crippen LogP contribution in [-0.4, -0.2) is 47.6 Å². The van der Waals surface area contributed by atoms with E-state index in [0.29, 0.717) is 34.6 Å². The summed E-state index contributed by atoms with van der Waals surface area (Å²) in [5.41, 5.74) is 2.46. The number of anilines is 1. The number of carbonyl (C=O) groups excluding carboxylic acids is 1. The van der Waals surface area contributed by atoms with Crippen LogP contribution in [0.5, 0.6) is 11.5 Å². The van der Waals surface area contributed by atoms with Crippen molar-refractivity contribution >= 4 is 34.1 Å². The van der Waals surface area contributed by atoms with E-state index in [1.165, 1.54) is 11.3 Å². The highest BCUT2D eigenvalue weighted by atomic mass is 32.2. The predicted octanol–water partition coefficient (Wildman–Crippen LogP) is 5.19. The summed E-state index contributed by atoms with van der Waals surface area (Å²) in [5, 5.41) is 11.0. The fourth-order valence-electron chi connectivity index (χ4n) is 3.10. The molecule has 0 aliphatic carbocycles. The first kappa shape index (κ1) is 23.5. The van der Waals surface area contributed by atoms with Crippen molar-refractivity contribution in [3.05, 3.63) is 66.6 Å². The summed E-state index contributed by atoms with van der Waals surface area (Å²) in [4.78, 5) is 19.2. The molecule has 2 aromatic carbocycles. The molecular weight excluding hydrogens is 472 g/mol. The third-order valence-electron chi connectivity index (χ3n) is 4.77. The number of ether oxygens (including phenoxy) is 2. The van der Waals surface area contributed by atoms with Gasteiger partial charge < -0.3 is 13.9 Å². The summed E-state index contributed by atoms with van der Waals surface area (Å²) in [7, 11) is 3.13. The SMILES string of the molecule is C=CCN(C(=O)CSc1nnc(-c2ccc(OC)cc2OC)o1)c1nc(-c2ccccc2)cs1. The second-order valence-corrected chi connectivity index (χ2v) is 8.67. The van der Waals surface area contributed by atoms with Gasteiger partial charge in [0.1, 0.15) is 11.5 Å². The van der Waals surface area contributed by atoms with E-state index in [2.05, 4.69) is 21.8 Å². The Morgan fingerprint density at radius 3 is 2.74 bits per heavy atom. The molecule has 8 nitrogen and oxygen atoms in total. The number of hydrogen-bond acceptors (Lipinski definition) is 9. The molecule has 174 valence electrons. The summed E-state index contributed by atoms with van der Waals surface area (Å²) in [6, 6.07) is 15.1. The first-order valence-electron chi connectivity index (χ1n) is 10.2. The smallest absolute Gasteiger partial charge is 0.277 e. The number of methoxy groups -OCH3 is 2. The van der Waals surface area contributed by atoms with E-state index < -0.39 is 0 Å². The number of thioether (sulfide) groups is 1. The lowest BCUT2D eigenvalue weighted by Gasteiger charge is -2.17. The molecule has 0 unspecified atom stereocenters. The molecule has 1 amide bonds. The van der Waals surface area contributed by atoms with Crippen molar-refractivity contribution in [1.82, 2.24) is 15.2 Å². The number of benzene rings is 2. The van der Waals surface area contributed by atoms with Crippen LogP contribution in [0.1, 0.15) is 0 Å². The Morgan fingerprint density at radius 1 is 1.18 bits per heavy atom. The fraction of sp³-hybridized carbons (Fsp3) is 0.167. The lowest BCUT2D eigenvalue weighted by atomic mass is 10.2. The number of rotatable bonds is 10. The zero-order chi connectivity index (χ0) is 23.9. The first-order valence-corrected chi connectivity index (χ1v) is 12.1. The zero-order valence-corrected chi connectivity index (χ0v) is 20.3. The van der Waals surface area contributed by atoms with Crippen molar-refractivity contribution < 1.29 is 18.7 Å². The molecule has 0 aliphatic rings. The van der Waals surface area contributed by atoms with Crippen LogP contribution in [0.15, 0.2) is 76.2 Å². The predicted molar refractivity (Wildman–Crippen MR) is 134 cm³/mol. The Balaban J connectivity index is 1.45. The van der Waals surface area contributed by atoms with Crippen molar-refractivity contribution in [3.63, 3.8) is 0 Å². The van der Waals surface area contributed by atoms with Gasteiger partial charge in [-0.25, -0.2) is 4.98 Å². The van der Waals surface area contributed by atoms with Crippen LogP contribution in [0.4, 0.5) is 5.13 Å². The number of thiazole rings is 1. The fourth-order valence-corrected chi connectivity index (χ4v) is 4.60. The van der Waals surface area contributed by atoms with Gasteiger partial charge in [0, 0.05) is 23.6 Å². The van der Waals surface area contributed by atoms with Gasteiger partial charge in [-0.2, -0.15) is 0 Å². The number of amides is 1. The third kappa shape index (κ3) is 5.29. The van der Waals surface area contributed by atoms with Crippen molar-refractivity contribution in [3.8, 4) is 34.2 Å². The van der Waals surface area contributed by atoms with Crippen LogP contribution in [-0.2, 0) is 4.79 Å². The van der Waals surface area contributed by atoms with Gasteiger partial charge in [0.05, 0.1) is 31.2 Å². The molecule has 0 fully saturated rings. The second-order valence-electron chi connectivity index (χ2n) is 6.90. The van der Waals surface area contributed by atoms with Crippen molar-refractivity contribution in [2.45, 2.75) is 5.22 Å². The van der Waals surface area contributed by atoms with E-state index >= 15 is 0 Å². The Hall–Kier alpha value is -3.63. The molecule has 0 atom stereocenters. The maximum absolute atomic E-state index is 13.0. The van der Waals surface area contributed by atoms with Crippen molar-refractivity contribution in [1.29, 1.82) is 0 Å². The number of carbonyl (C=O) groups is 1. The van der Waals surface area contributed by atoms with E-state index in [4.69, 9.17) is 13.9 Å². The Kier molecular flexibility index (Phi) is 7.61. The average molecular weight is 495 g/mol. The van der Waals surface area contributed by atoms with Gasteiger partial charge in [-0.15, -0.1) is 28.1 Å². The van der Waals surface area contributed by atoms with E-state index in [1.807, 2.05) is 35.7 Å². The molecular formula is C24H22N4O4S2. The van der Waals surface area contributed by atoms with Crippen molar-refractivity contribution in [2.75, 3.05) is 31.4 Å². The van der Waals surface area contributed by atoms with E-state index in [1.54, 1.807) is 43.4 Å². The van der Waals surface area contributed by atoms with Crippen LogP contribution in [0.3, 0.4) is 0 Å². The lowest BCUT2D eigenvalue weighted by molar-refractivity contribution is -0.116. The third-order valence-corrected chi connectivity index (χ3v) is 6.44. The second kappa shape index (κ2) is 11.0. The lowest BCUT2D eigenvalue weighted by Crippen LogP contribution is -2.32. The first-order chi connectivity index (χ1) is 16.6. The summed E-state index contributed by atoms with van der Waals surface area (Å²) in [5.74, 6) is 1.46. The van der Waals surface area contributed by atoms with Crippen LogP contribution < -0.4 is 14.4 Å². The Morgan fingerprint density at radius 2 is 2.00 bits per heavy atom. The maximum Gasteiger partial charge on any atom is 0.277 e. The molecule has 0 bridgehead atoms. The van der Waals surface area contributed by atoms with E-state index in [9.17, 15) is 4.79 Å². The van der Waals surface area contributed by atoms with E-state index in [0.717, 1.165) is 23.0 Å². The van der Waals surface area contributed by atoms with Gasteiger partial charge >= 0.3 is 0 Å². The molecule has 0 spiro atoms. The summed E-state index contributed by atoms with van der Waals surface area (Å²) < 4.78 is 16.4. The minimum absolute atomic E-state index is 0.107. The largest absolute Gasteiger partial charge is 0.497 e. The standard InChI is InChI=1S/C24H22N4O4S2/c1-4-12-28(23-25-19(14-33-23)16-8-6-5-7-9-16)21(29)15-34-24-27-26-22(32-24)18-11-10-17(30-2)13-20(18)31-3/h4-11,13-14H,1,12,15H2,2-3H3. The topological polar surface area (TPSA) is 90.6 Å². The Labute approximate surface area is 205 Å². The minimum atomic E-state index is -0.138. The molecule has 0 radical (unpaired) electrons. The summed E-state index contributed by atoms with van der Waals surface area (Å²) in [6.07, 6.45) is 1.67. The van der Waals surface area contributed by atoms with Gasteiger partial charge in [0.25, 0.3) is 11.1 Å². The molecule has 4 aromatic rings. The number of aromatic nitrogens is 3. The summed E-state index contributed by atoms with van der Waals surface area (Å²) >= 11 is 2.58. The molecule has 2 aromatic heterocycles. The van der Waals surface area contributed by atoms with E-state index in [-0.39, 0.29) is 16.9 Å². The molecule has 0 saturated carbocycles. The monoisotopic (exact) mass is 494 g/mol.